The molecule has 2 atom stereocenters. The number of imide groups is 1. The maximum Gasteiger partial charge on any atom is 0.232 e. The minimum absolute atomic E-state index is 0.0228. The zero-order chi connectivity index (χ0) is 11.7. The monoisotopic (exact) mass is 223 g/mol. The van der Waals surface area contributed by atoms with E-state index in [0.29, 0.717) is 0 Å². The molecule has 2 rings (SSSR count). The van der Waals surface area contributed by atoms with Gasteiger partial charge in [-0.05, 0) is 19.3 Å². The molecular formula is C13H21NO2. The standard InChI is InChI=1S/C13H21NO2/c1-9-8-10(2)13(16)14(12(9)15)11-6-4-3-5-7-11/h9-11H,3-8H2,1-2H3. The van der Waals surface area contributed by atoms with E-state index in [1.807, 2.05) is 13.8 Å². The molecule has 90 valence electrons. The van der Waals surface area contributed by atoms with E-state index in [1.165, 1.54) is 6.42 Å². The van der Waals surface area contributed by atoms with Crippen LogP contribution in [0.4, 0.5) is 0 Å². The van der Waals surface area contributed by atoms with Crippen molar-refractivity contribution in [1.29, 1.82) is 0 Å². The molecule has 1 heterocycles. The van der Waals surface area contributed by atoms with E-state index >= 15 is 0 Å². The molecule has 0 aromatic rings. The summed E-state index contributed by atoms with van der Waals surface area (Å²) in [7, 11) is 0. The van der Waals surface area contributed by atoms with Crippen LogP contribution in [0, 0.1) is 11.8 Å². The Morgan fingerprint density at radius 1 is 0.938 bits per heavy atom. The maximum absolute atomic E-state index is 12.1. The van der Waals surface area contributed by atoms with Crippen molar-refractivity contribution in [3.63, 3.8) is 0 Å². The predicted molar refractivity (Wildman–Crippen MR) is 61.7 cm³/mol. The first kappa shape index (κ1) is 11.6. The lowest BCUT2D eigenvalue weighted by molar-refractivity contribution is -0.158. The predicted octanol–water partition coefficient (Wildman–Crippen LogP) is 2.35. The van der Waals surface area contributed by atoms with Crippen molar-refractivity contribution in [1.82, 2.24) is 4.90 Å². The summed E-state index contributed by atoms with van der Waals surface area (Å²) < 4.78 is 0. The third-order valence-corrected chi connectivity index (χ3v) is 3.96. The molecule has 3 heteroatoms. The minimum atomic E-state index is 0.0228. The van der Waals surface area contributed by atoms with Crippen LogP contribution in [-0.4, -0.2) is 22.8 Å². The van der Waals surface area contributed by atoms with E-state index < -0.39 is 0 Å². The molecule has 3 nitrogen and oxygen atoms in total. The Bertz CT molecular complexity index is 274. The lowest BCUT2D eigenvalue weighted by Crippen LogP contribution is -2.53. The number of nitrogens with zero attached hydrogens (tertiary/aromatic N) is 1. The lowest BCUT2D eigenvalue weighted by atomic mass is 9.86. The number of carbonyl (C=O) groups excluding carboxylic acids is 2. The minimum Gasteiger partial charge on any atom is -0.279 e. The Labute approximate surface area is 97.2 Å². The largest absolute Gasteiger partial charge is 0.279 e. The van der Waals surface area contributed by atoms with Crippen LogP contribution in [0.3, 0.4) is 0 Å². The molecule has 2 amide bonds. The number of likely N-dealkylation sites (tertiary alicyclic amines) is 1. The average Bonchev–Trinajstić information content (AvgIpc) is 2.28. The summed E-state index contributed by atoms with van der Waals surface area (Å²) in [5.74, 6) is 0.175. The summed E-state index contributed by atoms with van der Waals surface area (Å²) in [6.45, 7) is 3.89. The fourth-order valence-electron chi connectivity index (χ4n) is 3.01. The fraction of sp³-hybridized carbons (Fsp3) is 0.846. The van der Waals surface area contributed by atoms with Crippen LogP contribution in [0.2, 0.25) is 0 Å². The molecule has 1 aliphatic carbocycles. The molecule has 0 aromatic heterocycles. The van der Waals surface area contributed by atoms with Crippen molar-refractivity contribution in [2.24, 2.45) is 11.8 Å². The summed E-state index contributed by atoms with van der Waals surface area (Å²) in [4.78, 5) is 25.8. The highest BCUT2D eigenvalue weighted by Crippen LogP contribution is 2.30. The normalized spacial score (nSPS) is 33.2. The molecule has 1 aliphatic heterocycles. The molecule has 16 heavy (non-hydrogen) atoms. The van der Waals surface area contributed by atoms with Gasteiger partial charge in [-0.15, -0.1) is 0 Å². The van der Waals surface area contributed by atoms with Gasteiger partial charge < -0.3 is 0 Å². The number of piperidine rings is 1. The van der Waals surface area contributed by atoms with Gasteiger partial charge in [0.15, 0.2) is 0 Å². The van der Waals surface area contributed by atoms with Gasteiger partial charge >= 0.3 is 0 Å². The molecule has 1 saturated heterocycles. The number of hydrogen-bond acceptors (Lipinski definition) is 2. The van der Waals surface area contributed by atoms with E-state index in [1.54, 1.807) is 4.90 Å². The smallest absolute Gasteiger partial charge is 0.232 e. The topological polar surface area (TPSA) is 37.4 Å². The van der Waals surface area contributed by atoms with Crippen LogP contribution in [0.1, 0.15) is 52.4 Å². The number of hydrogen-bond donors (Lipinski definition) is 0. The second-order valence-corrected chi connectivity index (χ2v) is 5.38. The number of carbonyl (C=O) groups is 2. The average molecular weight is 223 g/mol. The molecular weight excluding hydrogens is 202 g/mol. The molecule has 1 saturated carbocycles. The fourth-order valence-corrected chi connectivity index (χ4v) is 3.01. The Hall–Kier alpha value is -0.860. The van der Waals surface area contributed by atoms with E-state index in [4.69, 9.17) is 0 Å². The zero-order valence-corrected chi connectivity index (χ0v) is 10.2. The molecule has 0 radical (unpaired) electrons. The Kier molecular flexibility index (Phi) is 3.31. The van der Waals surface area contributed by atoms with Gasteiger partial charge in [0, 0.05) is 17.9 Å². The van der Waals surface area contributed by atoms with Crippen LogP contribution in [0.5, 0.6) is 0 Å². The molecule has 2 fully saturated rings. The van der Waals surface area contributed by atoms with Gasteiger partial charge in [-0.2, -0.15) is 0 Å². The van der Waals surface area contributed by atoms with Crippen molar-refractivity contribution < 1.29 is 9.59 Å². The second-order valence-electron chi connectivity index (χ2n) is 5.38. The molecule has 2 unspecified atom stereocenters. The summed E-state index contributed by atoms with van der Waals surface area (Å²) in [6, 6.07) is 0.193. The summed E-state index contributed by atoms with van der Waals surface area (Å²) >= 11 is 0. The van der Waals surface area contributed by atoms with Crippen LogP contribution >= 0.6 is 0 Å². The highest BCUT2D eigenvalue weighted by molar-refractivity contribution is 6.00. The maximum atomic E-state index is 12.1. The summed E-state index contributed by atoms with van der Waals surface area (Å²) in [6.07, 6.45) is 6.31. The summed E-state index contributed by atoms with van der Waals surface area (Å²) in [5.41, 5.74) is 0. The first-order valence-corrected chi connectivity index (χ1v) is 6.48. The Balaban J connectivity index is 2.15. The highest BCUT2D eigenvalue weighted by Gasteiger charge is 2.40. The first-order valence-electron chi connectivity index (χ1n) is 6.48. The third kappa shape index (κ3) is 2.00. The van der Waals surface area contributed by atoms with Crippen molar-refractivity contribution >= 4 is 11.8 Å². The second kappa shape index (κ2) is 4.56. The van der Waals surface area contributed by atoms with Crippen LogP contribution in [0.15, 0.2) is 0 Å². The van der Waals surface area contributed by atoms with Gasteiger partial charge in [0.2, 0.25) is 11.8 Å². The van der Waals surface area contributed by atoms with Crippen molar-refractivity contribution in [3.8, 4) is 0 Å². The Morgan fingerprint density at radius 3 is 1.94 bits per heavy atom. The molecule has 2 aliphatic rings. The molecule has 0 aromatic carbocycles. The number of amides is 2. The van der Waals surface area contributed by atoms with E-state index in [-0.39, 0.29) is 29.7 Å². The van der Waals surface area contributed by atoms with E-state index in [0.717, 1.165) is 32.1 Å². The SMILES string of the molecule is CC1CC(C)C(=O)N(C2CCCCC2)C1=O. The molecule has 0 spiro atoms. The van der Waals surface area contributed by atoms with Gasteiger partial charge in [0.1, 0.15) is 0 Å². The van der Waals surface area contributed by atoms with Crippen LogP contribution in [0.25, 0.3) is 0 Å². The molecule has 0 N–H and O–H groups in total. The van der Waals surface area contributed by atoms with Crippen molar-refractivity contribution in [2.75, 3.05) is 0 Å². The van der Waals surface area contributed by atoms with Gasteiger partial charge in [-0.25, -0.2) is 0 Å². The Morgan fingerprint density at radius 2 is 1.44 bits per heavy atom. The third-order valence-electron chi connectivity index (χ3n) is 3.96. The highest BCUT2D eigenvalue weighted by atomic mass is 16.2. The molecule has 0 bridgehead atoms. The quantitative estimate of drug-likeness (QED) is 0.640. The van der Waals surface area contributed by atoms with E-state index in [9.17, 15) is 9.59 Å². The van der Waals surface area contributed by atoms with Crippen LogP contribution < -0.4 is 0 Å². The lowest BCUT2D eigenvalue weighted by Gasteiger charge is -2.39. The van der Waals surface area contributed by atoms with Crippen molar-refractivity contribution in [2.45, 2.75) is 58.4 Å². The zero-order valence-electron chi connectivity index (χ0n) is 10.2. The van der Waals surface area contributed by atoms with E-state index in [2.05, 4.69) is 0 Å². The van der Waals surface area contributed by atoms with Gasteiger partial charge in [0.25, 0.3) is 0 Å². The van der Waals surface area contributed by atoms with Gasteiger partial charge in [-0.1, -0.05) is 33.1 Å². The van der Waals surface area contributed by atoms with Gasteiger partial charge in [-0.3, -0.25) is 14.5 Å². The number of rotatable bonds is 1. The van der Waals surface area contributed by atoms with Gasteiger partial charge in [0.05, 0.1) is 0 Å². The van der Waals surface area contributed by atoms with Crippen LogP contribution in [-0.2, 0) is 9.59 Å². The van der Waals surface area contributed by atoms with Crippen molar-refractivity contribution in [3.05, 3.63) is 0 Å². The first-order chi connectivity index (χ1) is 7.61. The summed E-state index contributed by atoms with van der Waals surface area (Å²) in [5, 5.41) is 0.